The number of nitrogens with zero attached hydrogens (tertiary/aromatic N) is 3. The predicted molar refractivity (Wildman–Crippen MR) is 73.0 cm³/mol. The number of hydrogen-bond acceptors (Lipinski definition) is 6. The molecular formula is C10H9N5O2S2. The van der Waals surface area contributed by atoms with Crippen molar-refractivity contribution < 1.29 is 8.42 Å². The molecule has 0 fully saturated rings. The number of anilines is 1. The van der Waals surface area contributed by atoms with Crippen LogP contribution in [0.1, 0.15) is 5.69 Å². The van der Waals surface area contributed by atoms with Gasteiger partial charge in [-0.25, -0.2) is 23.1 Å². The van der Waals surface area contributed by atoms with Crippen molar-refractivity contribution in [2.24, 2.45) is 5.73 Å². The molecule has 2 heterocycles. The van der Waals surface area contributed by atoms with Crippen molar-refractivity contribution in [1.82, 2.24) is 15.0 Å². The maximum Gasteiger partial charge on any atom is 0.266 e. The Morgan fingerprint density at radius 1 is 1.16 bits per heavy atom. The number of rotatable bonds is 4. The Kier molecular flexibility index (Phi) is 3.67. The van der Waals surface area contributed by atoms with Crippen LogP contribution in [0.2, 0.25) is 0 Å². The van der Waals surface area contributed by atoms with E-state index in [1.807, 2.05) is 0 Å². The summed E-state index contributed by atoms with van der Waals surface area (Å²) < 4.78 is 26.6. The van der Waals surface area contributed by atoms with E-state index in [0.717, 1.165) is 0 Å². The summed E-state index contributed by atoms with van der Waals surface area (Å²) in [6, 6.07) is 4.40. The van der Waals surface area contributed by atoms with Gasteiger partial charge in [0.05, 0.1) is 0 Å². The van der Waals surface area contributed by atoms with Crippen LogP contribution in [0.4, 0.5) is 5.95 Å². The first kappa shape index (κ1) is 13.3. The fourth-order valence-electron chi connectivity index (χ4n) is 1.32. The Morgan fingerprint density at radius 3 is 2.42 bits per heavy atom. The maximum absolute atomic E-state index is 12.2. The topological polar surface area (TPSA) is 111 Å². The molecule has 7 nitrogen and oxygen atoms in total. The normalized spacial score (nSPS) is 10.9. The molecule has 9 heteroatoms. The molecule has 0 unspecified atom stereocenters. The third-order valence-corrected chi connectivity index (χ3v) is 3.64. The van der Waals surface area contributed by atoms with Crippen LogP contribution in [-0.4, -0.2) is 28.4 Å². The molecule has 0 atom stereocenters. The Bertz CT molecular complexity index is 703. The molecule has 3 N–H and O–H groups in total. The van der Waals surface area contributed by atoms with Gasteiger partial charge >= 0.3 is 0 Å². The zero-order chi connectivity index (χ0) is 13.9. The summed E-state index contributed by atoms with van der Waals surface area (Å²) in [6.07, 6.45) is 4.25. The number of aromatic nitrogens is 3. The highest BCUT2D eigenvalue weighted by Crippen LogP contribution is 2.15. The first-order valence-corrected chi connectivity index (χ1v) is 6.94. The van der Waals surface area contributed by atoms with E-state index in [0.29, 0.717) is 0 Å². The molecule has 2 aromatic rings. The molecule has 2 rings (SSSR count). The van der Waals surface area contributed by atoms with Gasteiger partial charge in [0.25, 0.3) is 10.0 Å². The standard InChI is InChI=1S/C10H9N5O2S2/c11-9(18)8-7(3-1-4-12-8)19(16,17)15-10-13-5-2-6-14-10/h1-6H,(H2,11,18)(H,13,14,15). The van der Waals surface area contributed by atoms with Crippen molar-refractivity contribution in [1.29, 1.82) is 0 Å². The Hall–Kier alpha value is -2.13. The van der Waals surface area contributed by atoms with E-state index < -0.39 is 10.0 Å². The highest BCUT2D eigenvalue weighted by Gasteiger charge is 2.21. The monoisotopic (exact) mass is 295 g/mol. The lowest BCUT2D eigenvalue weighted by Gasteiger charge is -2.09. The first-order valence-electron chi connectivity index (χ1n) is 5.05. The van der Waals surface area contributed by atoms with Crippen LogP contribution in [0.5, 0.6) is 0 Å². The van der Waals surface area contributed by atoms with E-state index in [4.69, 9.17) is 18.0 Å². The number of hydrogen-bond donors (Lipinski definition) is 2. The van der Waals surface area contributed by atoms with Gasteiger partial charge in [-0.05, 0) is 18.2 Å². The van der Waals surface area contributed by atoms with Gasteiger partial charge < -0.3 is 5.73 Å². The summed E-state index contributed by atoms with van der Waals surface area (Å²) in [5.41, 5.74) is 5.48. The summed E-state index contributed by atoms with van der Waals surface area (Å²) >= 11 is 4.77. The van der Waals surface area contributed by atoms with Gasteiger partial charge in [0.15, 0.2) is 0 Å². The van der Waals surface area contributed by atoms with Crippen molar-refractivity contribution in [2.45, 2.75) is 4.90 Å². The molecule has 0 aliphatic rings. The highest BCUT2D eigenvalue weighted by molar-refractivity contribution is 7.93. The Morgan fingerprint density at radius 2 is 1.79 bits per heavy atom. The molecule has 19 heavy (non-hydrogen) atoms. The Balaban J connectivity index is 2.43. The summed E-state index contributed by atoms with van der Waals surface area (Å²) in [6.45, 7) is 0. The van der Waals surface area contributed by atoms with Crippen LogP contribution in [0.15, 0.2) is 41.7 Å². The van der Waals surface area contributed by atoms with Crippen molar-refractivity contribution >= 4 is 33.2 Å². The van der Waals surface area contributed by atoms with Crippen LogP contribution in [0, 0.1) is 0 Å². The molecule has 0 radical (unpaired) electrons. The van der Waals surface area contributed by atoms with Gasteiger partial charge in [0, 0.05) is 18.6 Å². The van der Waals surface area contributed by atoms with Gasteiger partial charge in [-0.3, -0.25) is 4.98 Å². The van der Waals surface area contributed by atoms with Crippen molar-refractivity contribution in [3.8, 4) is 0 Å². The SMILES string of the molecule is NC(=S)c1ncccc1S(=O)(=O)Nc1ncccn1. The fraction of sp³-hybridized carbons (Fsp3) is 0. The van der Waals surface area contributed by atoms with Crippen LogP contribution in [0.3, 0.4) is 0 Å². The molecule has 0 saturated heterocycles. The molecule has 98 valence electrons. The van der Waals surface area contributed by atoms with E-state index in [1.165, 1.54) is 30.7 Å². The molecule has 0 aliphatic carbocycles. The zero-order valence-corrected chi connectivity index (χ0v) is 11.1. The lowest BCUT2D eigenvalue weighted by atomic mass is 10.3. The molecule has 0 amide bonds. The average Bonchev–Trinajstić information content (AvgIpc) is 2.39. The van der Waals surface area contributed by atoms with E-state index in [-0.39, 0.29) is 21.5 Å². The largest absolute Gasteiger partial charge is 0.388 e. The molecule has 0 bridgehead atoms. The van der Waals surface area contributed by atoms with Gasteiger partial charge in [-0.2, -0.15) is 0 Å². The summed E-state index contributed by atoms with van der Waals surface area (Å²) in [5.74, 6) is -0.0414. The van der Waals surface area contributed by atoms with Crippen molar-refractivity contribution in [3.05, 3.63) is 42.5 Å². The van der Waals surface area contributed by atoms with Gasteiger partial charge in [0.2, 0.25) is 5.95 Å². The zero-order valence-electron chi connectivity index (χ0n) is 9.52. The average molecular weight is 295 g/mol. The van der Waals surface area contributed by atoms with Crippen molar-refractivity contribution in [3.63, 3.8) is 0 Å². The van der Waals surface area contributed by atoms with Crippen LogP contribution in [-0.2, 0) is 10.0 Å². The third-order valence-electron chi connectivity index (χ3n) is 2.09. The minimum absolute atomic E-state index is 0.0286. The minimum atomic E-state index is -3.89. The molecular weight excluding hydrogens is 286 g/mol. The Labute approximate surface area is 115 Å². The lowest BCUT2D eigenvalue weighted by molar-refractivity contribution is 0.600. The van der Waals surface area contributed by atoms with Gasteiger partial charge in [-0.1, -0.05) is 12.2 Å². The van der Waals surface area contributed by atoms with Crippen molar-refractivity contribution in [2.75, 3.05) is 4.72 Å². The van der Waals surface area contributed by atoms with Crippen LogP contribution >= 0.6 is 12.2 Å². The number of nitrogens with two attached hydrogens (primary N) is 1. The quantitative estimate of drug-likeness (QED) is 0.781. The summed E-state index contributed by atoms with van der Waals surface area (Å²) in [5, 5.41) is 0. The molecule has 0 aliphatic heterocycles. The molecule has 0 aromatic carbocycles. The maximum atomic E-state index is 12.2. The fourth-order valence-corrected chi connectivity index (χ4v) is 2.68. The minimum Gasteiger partial charge on any atom is -0.388 e. The van der Waals surface area contributed by atoms with Crippen LogP contribution < -0.4 is 10.5 Å². The van der Waals surface area contributed by atoms with Crippen LogP contribution in [0.25, 0.3) is 0 Å². The summed E-state index contributed by atoms with van der Waals surface area (Å²) in [7, 11) is -3.89. The van der Waals surface area contributed by atoms with Gasteiger partial charge in [-0.15, -0.1) is 0 Å². The number of nitrogens with one attached hydrogen (secondary N) is 1. The van der Waals surface area contributed by atoms with E-state index in [9.17, 15) is 8.42 Å². The van der Waals surface area contributed by atoms with Gasteiger partial charge in [0.1, 0.15) is 15.6 Å². The highest BCUT2D eigenvalue weighted by atomic mass is 32.2. The summed E-state index contributed by atoms with van der Waals surface area (Å²) in [4.78, 5) is 11.2. The number of pyridine rings is 1. The van der Waals surface area contributed by atoms with E-state index in [1.54, 1.807) is 6.07 Å². The number of sulfonamides is 1. The second kappa shape index (κ2) is 5.24. The van der Waals surface area contributed by atoms with E-state index in [2.05, 4.69) is 19.7 Å². The van der Waals surface area contributed by atoms with E-state index >= 15 is 0 Å². The smallest absolute Gasteiger partial charge is 0.266 e. The second-order valence-electron chi connectivity index (χ2n) is 3.39. The first-order chi connectivity index (χ1) is 9.00. The molecule has 2 aromatic heterocycles. The molecule has 0 spiro atoms. The predicted octanol–water partition coefficient (Wildman–Crippen LogP) is 0.307. The number of thiocarbonyl (C=S) groups is 1. The lowest BCUT2D eigenvalue weighted by Crippen LogP contribution is -2.21. The third kappa shape index (κ3) is 3.01. The molecule has 0 saturated carbocycles. The second-order valence-corrected chi connectivity index (χ2v) is 5.48.